The number of nitrogens with zero attached hydrogens (tertiary/aromatic N) is 9. The van der Waals surface area contributed by atoms with Crippen molar-refractivity contribution in [2.45, 2.75) is 159 Å². The molecule has 12 rings (SSSR count). The summed E-state index contributed by atoms with van der Waals surface area (Å²) >= 11 is 0. The number of nitro benzene ring substituents is 1. The van der Waals surface area contributed by atoms with Crippen molar-refractivity contribution in [3.63, 3.8) is 0 Å². The summed E-state index contributed by atoms with van der Waals surface area (Å²) in [7, 11) is -8.45. The first-order valence-electron chi connectivity index (χ1n) is 29.3. The molecule has 34 heteroatoms. The molecule has 12 atom stereocenters. The first-order chi connectivity index (χ1) is 44.4. The second-order valence-electron chi connectivity index (χ2n) is 22.7. The molecule has 2 aliphatic carbocycles. The van der Waals surface area contributed by atoms with E-state index in [-0.39, 0.29) is 55.8 Å². The van der Waals surface area contributed by atoms with Crippen molar-refractivity contribution in [1.29, 1.82) is 10.5 Å². The van der Waals surface area contributed by atoms with Crippen LogP contribution < -0.4 is 35.2 Å². The fourth-order valence-electron chi connectivity index (χ4n) is 10.3. The highest BCUT2D eigenvalue weighted by atomic mass is 31.2. The van der Waals surface area contributed by atoms with Crippen LogP contribution in [0.3, 0.4) is 0 Å². The Labute approximate surface area is 545 Å². The van der Waals surface area contributed by atoms with Crippen molar-refractivity contribution in [3.05, 3.63) is 143 Å². The van der Waals surface area contributed by atoms with E-state index in [9.17, 15) is 54.7 Å². The Balaban J connectivity index is 0.000000187. The van der Waals surface area contributed by atoms with E-state index in [0.717, 1.165) is 38.5 Å². The van der Waals surface area contributed by atoms with E-state index in [1.807, 2.05) is 12.1 Å². The van der Waals surface area contributed by atoms with Gasteiger partial charge in [-0.25, -0.2) is 28.1 Å². The third kappa shape index (κ3) is 16.0. The number of ether oxygens (including phenoxy) is 6. The normalized spacial score (nSPS) is 25.1. The number of fused-ring (bicyclic) bond motifs is 3. The highest BCUT2D eigenvalue weighted by Gasteiger charge is 2.64. The van der Waals surface area contributed by atoms with Crippen LogP contribution in [0.1, 0.15) is 105 Å². The average molecular weight is 1360 g/mol. The fourth-order valence-corrected chi connectivity index (χ4v) is 13.4. The van der Waals surface area contributed by atoms with Gasteiger partial charge in [-0.15, -0.1) is 0 Å². The molecular formula is C61H75N13O19P2. The van der Waals surface area contributed by atoms with Crippen molar-refractivity contribution >= 4 is 55.8 Å². The number of non-ortho nitro benzene ring substituents is 1. The molecule has 508 valence electrons. The molecule has 0 amide bonds. The molecule has 95 heavy (non-hydrogen) atoms. The fraction of sp³-hybridized carbons (Fsp3) is 0.443. The maximum absolute atomic E-state index is 13.9. The molecule has 3 aliphatic heterocycles. The Kier molecular flexibility index (Phi) is 22.7. The molecular weight excluding hydrogens is 1280 g/mol. The highest BCUT2D eigenvalue weighted by Crippen LogP contribution is 2.52. The van der Waals surface area contributed by atoms with Gasteiger partial charge in [-0.1, -0.05) is 51.3 Å². The van der Waals surface area contributed by atoms with Crippen LogP contribution in [0.5, 0.6) is 17.2 Å². The van der Waals surface area contributed by atoms with Crippen LogP contribution in [0.4, 0.5) is 17.3 Å². The summed E-state index contributed by atoms with van der Waals surface area (Å²) in [6.45, 7) is 5.18. The number of carbonyl (C=O) groups excluding carboxylic acids is 2. The average Bonchev–Trinajstić information content (AvgIpc) is 1.58. The van der Waals surface area contributed by atoms with Gasteiger partial charge in [0.1, 0.15) is 121 Å². The maximum atomic E-state index is 13.9. The van der Waals surface area contributed by atoms with Gasteiger partial charge in [0.15, 0.2) is 17.4 Å². The van der Waals surface area contributed by atoms with E-state index in [1.165, 1.54) is 67.4 Å². The lowest BCUT2D eigenvalue weighted by Gasteiger charge is -2.30. The molecule has 4 aromatic heterocycles. The van der Waals surface area contributed by atoms with E-state index in [2.05, 4.69) is 30.3 Å². The number of aromatic nitrogens is 6. The maximum Gasteiger partial charge on any atom is 0.513 e. The summed E-state index contributed by atoms with van der Waals surface area (Å²) in [5, 5.41) is 75.5. The number of aliphatic hydroxyl groups excluding tert-OH is 3. The van der Waals surface area contributed by atoms with E-state index in [0.29, 0.717) is 28.2 Å². The lowest BCUT2D eigenvalue weighted by atomic mass is 9.96. The Hall–Kier alpha value is -8.72. The number of nitrogen functional groups attached to an aromatic ring is 2. The molecule has 5 aliphatic rings. The Morgan fingerprint density at radius 3 is 1.60 bits per heavy atom. The molecule has 0 spiro atoms. The van der Waals surface area contributed by atoms with Crippen molar-refractivity contribution in [2.24, 2.45) is 0 Å². The molecule has 3 saturated heterocycles. The molecule has 2 unspecified atom stereocenters. The van der Waals surface area contributed by atoms with E-state index in [1.54, 1.807) is 91.2 Å². The number of aliphatic hydroxyl groups is 3. The number of rotatable bonds is 21. The van der Waals surface area contributed by atoms with Crippen LogP contribution in [-0.4, -0.2) is 140 Å². The molecule has 9 N–H and O–H groups in total. The summed E-state index contributed by atoms with van der Waals surface area (Å²) in [6, 6.07) is 30.0. The van der Waals surface area contributed by atoms with E-state index < -0.39 is 111 Å². The van der Waals surface area contributed by atoms with Crippen LogP contribution >= 0.6 is 15.5 Å². The van der Waals surface area contributed by atoms with Gasteiger partial charge in [0.25, 0.3) is 5.69 Å². The quantitative estimate of drug-likeness (QED) is 0.0160. The minimum atomic E-state index is -4.38. The second-order valence-corrected chi connectivity index (χ2v) is 26.0. The van der Waals surface area contributed by atoms with Crippen LogP contribution in [0.25, 0.3) is 11.0 Å². The zero-order chi connectivity index (χ0) is 66.5. The van der Waals surface area contributed by atoms with Gasteiger partial charge >= 0.3 is 27.4 Å². The summed E-state index contributed by atoms with van der Waals surface area (Å²) < 4.78 is 86.8. The van der Waals surface area contributed by atoms with Crippen LogP contribution in [-0.2, 0) is 51.7 Å². The van der Waals surface area contributed by atoms with Crippen LogP contribution in [0.15, 0.2) is 122 Å². The third-order valence-electron chi connectivity index (χ3n) is 15.6. The zero-order valence-corrected chi connectivity index (χ0v) is 52.2. The van der Waals surface area contributed by atoms with Gasteiger partial charge in [0.05, 0.1) is 22.9 Å². The number of anilines is 2. The number of nitriles is 2. The standard InChI is InChI=1S/C25H29N6O8P.C19H21N2O7P.C15H17N5O4.2CH4/c1-15(24(34)37-16-8-5-9-16)30-40(35,39-17-6-3-2-4-7-17)36-13-25(12-26)22(33)20(32)21(38-25)18-10-11-19-23(27)28-14-29-31(18)19;1-14(19(22)26-16-8-5-9-16)20-29(25,27-17-6-3-2-4-7-17)28-18-12-10-15(11-13-18)21(23)24;1-14(2)22-11-10(23-15(5-16,6-21)12(11)24-14)8-3-4-9-13(17)18-7-19-20(8)9;;/h2-4,6-7,10-11,14-16,20-22,32-33H,5,8-9,13H2,1H3,(H,30,35)(H2,27,28,29);2-4,6-7,10-14,16H,5,8-9H2,1H3,(H,20,25);3-4,7,10-12,21H,6H2,1-2H3,(H2,17,18,19);2*1H4/t15-,20-,21-,22-,25+,40?;14-,29?;10-,11-,12-,15+;;/m000../s1. The Bertz CT molecular complexity index is 4000. The second kappa shape index (κ2) is 29.9. The predicted octanol–water partition coefficient (Wildman–Crippen LogP) is 7.31. The number of esters is 2. The molecule has 0 radical (unpaired) electrons. The topological polar surface area (TPSA) is 448 Å². The summed E-state index contributed by atoms with van der Waals surface area (Å²) in [4.78, 5) is 42.9. The van der Waals surface area contributed by atoms with E-state index in [4.69, 9.17) is 58.0 Å². The van der Waals surface area contributed by atoms with Gasteiger partial charge in [-0.05, 0) is 127 Å². The number of carbonyl (C=O) groups is 2. The summed E-state index contributed by atoms with van der Waals surface area (Å²) in [5.41, 5.74) is 9.96. The van der Waals surface area contributed by atoms with Gasteiger partial charge in [-0.2, -0.15) is 30.9 Å². The largest absolute Gasteiger partial charge is 0.513 e. The Morgan fingerprint density at radius 1 is 0.695 bits per heavy atom. The number of nitrogens with two attached hydrogens (primary N) is 2. The minimum Gasteiger partial charge on any atom is -0.461 e. The zero-order valence-electron chi connectivity index (χ0n) is 50.4. The Morgan fingerprint density at radius 2 is 1.15 bits per heavy atom. The van der Waals surface area contributed by atoms with Crippen molar-refractivity contribution in [2.75, 3.05) is 24.7 Å². The molecule has 7 aromatic rings. The first-order valence-corrected chi connectivity index (χ1v) is 32.4. The number of benzene rings is 3. The molecule has 2 saturated carbocycles. The monoisotopic (exact) mass is 1360 g/mol. The number of nitro groups is 1. The minimum absolute atomic E-state index is 0. The van der Waals surface area contributed by atoms with Gasteiger partial charge in [-0.3, -0.25) is 24.2 Å². The van der Waals surface area contributed by atoms with Gasteiger partial charge in [0.2, 0.25) is 11.2 Å². The molecule has 3 aromatic carbocycles. The lowest BCUT2D eigenvalue weighted by Crippen LogP contribution is -2.46. The first kappa shape index (κ1) is 72.1. The number of hydrogen-bond acceptors (Lipinski definition) is 27. The van der Waals surface area contributed by atoms with Gasteiger partial charge in [0, 0.05) is 12.1 Å². The molecule has 5 fully saturated rings. The van der Waals surface area contributed by atoms with Crippen LogP contribution in [0, 0.1) is 32.8 Å². The van der Waals surface area contributed by atoms with Crippen LogP contribution in [0.2, 0.25) is 0 Å². The van der Waals surface area contributed by atoms with Crippen molar-refractivity contribution in [3.8, 4) is 29.4 Å². The van der Waals surface area contributed by atoms with Crippen molar-refractivity contribution < 1.29 is 85.5 Å². The van der Waals surface area contributed by atoms with Gasteiger partial charge < -0.3 is 68.8 Å². The third-order valence-corrected chi connectivity index (χ3v) is 18.9. The molecule has 32 nitrogen and oxygen atoms in total. The SMILES string of the molecule is C.C.CC1(C)O[C@H]2[C@H](c3ccc4c(N)ncnn34)O[C@](C#N)(CO)[C@H]2O1.C[C@H](NP(=O)(OC[C@@]1(C#N)O[C@@H](c2ccc3c(N)ncnn23)[C@H](O)[C@@H]1O)Oc1ccccc1)C(=O)OC1CCC1.C[C@H](NP(=O)(Oc1ccccc1)Oc1ccc([N+](=O)[O-])cc1)C(=O)OC1CCC1. The number of hydrogen-bond donors (Lipinski definition) is 7. The number of para-hydroxylation sites is 2. The summed E-state index contributed by atoms with van der Waals surface area (Å²) in [5.74, 6) is -1.05. The lowest BCUT2D eigenvalue weighted by molar-refractivity contribution is -0.384. The smallest absolute Gasteiger partial charge is 0.461 e. The molecule has 7 heterocycles. The highest BCUT2D eigenvalue weighted by molar-refractivity contribution is 7.52. The summed E-state index contributed by atoms with van der Waals surface area (Å²) in [6.07, 6.45) is 0.868. The molecule has 0 bridgehead atoms. The van der Waals surface area contributed by atoms with Crippen molar-refractivity contribution in [1.82, 2.24) is 39.4 Å². The number of nitrogens with one attached hydrogen (secondary N) is 2. The van der Waals surface area contributed by atoms with E-state index >= 15 is 0 Å². The predicted molar refractivity (Wildman–Crippen MR) is 337 cm³/mol.